The Morgan fingerprint density at radius 1 is 0.903 bits per heavy atom. The lowest BCUT2D eigenvalue weighted by molar-refractivity contribution is 0.171. The van der Waals surface area contributed by atoms with Crippen LogP contribution in [0.4, 0.5) is 10.1 Å². The van der Waals surface area contributed by atoms with Crippen LogP contribution in [-0.2, 0) is 6.42 Å². The molecule has 0 aliphatic carbocycles. The highest BCUT2D eigenvalue weighted by molar-refractivity contribution is 5.85. The molecular formula is C24H29ClFN3O2. The third kappa shape index (κ3) is 4.91. The molecule has 0 bridgehead atoms. The number of hydrogen-bond donors (Lipinski definition) is 1. The van der Waals surface area contributed by atoms with Crippen molar-refractivity contribution in [2.45, 2.75) is 19.3 Å². The number of ether oxygens (including phenoxy) is 2. The van der Waals surface area contributed by atoms with E-state index < -0.39 is 0 Å². The topological polar surface area (TPSA) is 40.7 Å². The van der Waals surface area contributed by atoms with Gasteiger partial charge in [0.15, 0.2) is 11.5 Å². The first-order valence-electron chi connectivity index (χ1n) is 10.9. The third-order valence-corrected chi connectivity index (χ3v) is 6.16. The van der Waals surface area contributed by atoms with E-state index in [1.165, 1.54) is 17.3 Å². The third-order valence-electron chi connectivity index (χ3n) is 6.16. The van der Waals surface area contributed by atoms with Crippen LogP contribution in [0.2, 0.25) is 0 Å². The molecule has 1 saturated heterocycles. The summed E-state index contributed by atoms with van der Waals surface area (Å²) in [6, 6.07) is 11.2. The Labute approximate surface area is 188 Å². The molecule has 3 aromatic rings. The molecule has 3 heterocycles. The standard InChI is InChI=1S/C24H28FN3O2.ClH/c25-19-4-6-22-21(15-19)18(17-26-22)3-1-2-8-27-9-11-28(12-10-27)20-5-7-23-24(16-20)30-14-13-29-23;/h4-7,15-17,26H,1-3,8-14H2;1H. The van der Waals surface area contributed by atoms with Crippen molar-refractivity contribution in [3.63, 3.8) is 0 Å². The highest BCUT2D eigenvalue weighted by atomic mass is 35.5. The molecule has 7 heteroatoms. The molecule has 1 aromatic heterocycles. The first-order chi connectivity index (χ1) is 14.8. The largest absolute Gasteiger partial charge is 0.486 e. The van der Waals surface area contributed by atoms with Gasteiger partial charge in [-0.1, -0.05) is 0 Å². The van der Waals surface area contributed by atoms with Gasteiger partial charge in [0.05, 0.1) is 0 Å². The number of aromatic nitrogens is 1. The quantitative estimate of drug-likeness (QED) is 0.561. The number of halogens is 2. The van der Waals surface area contributed by atoms with E-state index in [2.05, 4.69) is 26.9 Å². The number of piperazine rings is 1. The highest BCUT2D eigenvalue weighted by Crippen LogP contribution is 2.34. The van der Waals surface area contributed by atoms with Crippen molar-refractivity contribution in [1.82, 2.24) is 9.88 Å². The Bertz CT molecular complexity index is 1020. The Morgan fingerprint density at radius 2 is 1.71 bits per heavy atom. The molecule has 0 atom stereocenters. The van der Waals surface area contributed by atoms with Gasteiger partial charge in [0.25, 0.3) is 0 Å². The number of H-pyrrole nitrogens is 1. The molecule has 0 saturated carbocycles. The smallest absolute Gasteiger partial charge is 0.163 e. The molecule has 2 aliphatic heterocycles. The molecule has 2 aliphatic rings. The van der Waals surface area contributed by atoms with Crippen LogP contribution in [0, 0.1) is 5.82 Å². The molecule has 5 rings (SSSR count). The van der Waals surface area contributed by atoms with Gasteiger partial charge in [0.1, 0.15) is 19.0 Å². The van der Waals surface area contributed by atoms with Crippen LogP contribution < -0.4 is 14.4 Å². The highest BCUT2D eigenvalue weighted by Gasteiger charge is 2.19. The van der Waals surface area contributed by atoms with E-state index in [4.69, 9.17) is 9.47 Å². The second-order valence-corrected chi connectivity index (χ2v) is 8.12. The van der Waals surface area contributed by atoms with Crippen LogP contribution in [0.5, 0.6) is 11.5 Å². The summed E-state index contributed by atoms with van der Waals surface area (Å²) in [5.74, 6) is 1.54. The Kier molecular flexibility index (Phi) is 6.88. The Balaban J connectivity index is 0.00000231. The lowest BCUT2D eigenvalue weighted by atomic mass is 10.1. The van der Waals surface area contributed by atoms with Crippen molar-refractivity contribution >= 4 is 29.0 Å². The van der Waals surface area contributed by atoms with Crippen LogP contribution in [0.15, 0.2) is 42.6 Å². The number of fused-ring (bicyclic) bond motifs is 2. The average molecular weight is 446 g/mol. The SMILES string of the molecule is Cl.Fc1ccc2[nH]cc(CCCCN3CCN(c4ccc5c(c4)OCCO5)CC3)c2c1. The summed E-state index contributed by atoms with van der Waals surface area (Å²) in [7, 11) is 0. The van der Waals surface area contributed by atoms with Crippen LogP contribution >= 0.6 is 12.4 Å². The minimum absolute atomic E-state index is 0. The number of hydrogen-bond acceptors (Lipinski definition) is 4. The van der Waals surface area contributed by atoms with E-state index in [0.717, 1.165) is 74.4 Å². The van der Waals surface area contributed by atoms with E-state index in [1.807, 2.05) is 18.3 Å². The van der Waals surface area contributed by atoms with Gasteiger partial charge in [-0.2, -0.15) is 0 Å². The van der Waals surface area contributed by atoms with Gasteiger partial charge >= 0.3 is 0 Å². The monoisotopic (exact) mass is 445 g/mol. The van der Waals surface area contributed by atoms with Gasteiger partial charge in [0, 0.05) is 55.0 Å². The molecule has 0 amide bonds. The number of nitrogens with one attached hydrogen (secondary N) is 1. The summed E-state index contributed by atoms with van der Waals surface area (Å²) < 4.78 is 24.9. The molecule has 0 spiro atoms. The normalized spacial score (nSPS) is 16.4. The van der Waals surface area contributed by atoms with Gasteiger partial charge in [-0.25, -0.2) is 4.39 Å². The van der Waals surface area contributed by atoms with Crippen LogP contribution in [0.1, 0.15) is 18.4 Å². The lowest BCUT2D eigenvalue weighted by Crippen LogP contribution is -2.46. The number of nitrogens with zero attached hydrogens (tertiary/aromatic N) is 2. The zero-order chi connectivity index (χ0) is 20.3. The van der Waals surface area contributed by atoms with E-state index >= 15 is 0 Å². The number of anilines is 1. The fraction of sp³-hybridized carbons (Fsp3) is 0.417. The van der Waals surface area contributed by atoms with Crippen molar-refractivity contribution < 1.29 is 13.9 Å². The van der Waals surface area contributed by atoms with E-state index in [-0.39, 0.29) is 18.2 Å². The molecule has 0 unspecified atom stereocenters. The van der Waals surface area contributed by atoms with Crippen LogP contribution in [-0.4, -0.2) is 55.8 Å². The summed E-state index contributed by atoms with van der Waals surface area (Å²) in [6.45, 7) is 6.58. The molecule has 0 radical (unpaired) electrons. The van der Waals surface area contributed by atoms with Crippen molar-refractivity contribution in [2.75, 3.05) is 50.8 Å². The molecular weight excluding hydrogens is 417 g/mol. The van der Waals surface area contributed by atoms with Gasteiger partial charge < -0.3 is 19.4 Å². The second kappa shape index (κ2) is 9.79. The van der Waals surface area contributed by atoms with E-state index in [1.54, 1.807) is 6.07 Å². The molecule has 2 aromatic carbocycles. The fourth-order valence-electron chi connectivity index (χ4n) is 4.47. The number of unbranched alkanes of at least 4 members (excludes halogenated alkanes) is 1. The minimum Gasteiger partial charge on any atom is -0.486 e. The molecule has 31 heavy (non-hydrogen) atoms. The maximum Gasteiger partial charge on any atom is 0.163 e. The predicted octanol–water partition coefficient (Wildman–Crippen LogP) is 4.64. The first kappa shape index (κ1) is 21.8. The van der Waals surface area contributed by atoms with Gasteiger partial charge in [0.2, 0.25) is 0 Å². The van der Waals surface area contributed by atoms with Gasteiger partial charge in [-0.3, -0.25) is 4.90 Å². The maximum atomic E-state index is 13.5. The number of benzene rings is 2. The average Bonchev–Trinajstić information content (AvgIpc) is 3.19. The Morgan fingerprint density at radius 3 is 2.55 bits per heavy atom. The molecule has 1 N–H and O–H groups in total. The summed E-state index contributed by atoms with van der Waals surface area (Å²) in [6.07, 6.45) is 5.29. The zero-order valence-electron chi connectivity index (χ0n) is 17.6. The molecule has 1 fully saturated rings. The number of rotatable bonds is 6. The second-order valence-electron chi connectivity index (χ2n) is 8.12. The minimum atomic E-state index is -0.167. The van der Waals surface area contributed by atoms with Crippen molar-refractivity contribution in [3.8, 4) is 11.5 Å². The van der Waals surface area contributed by atoms with E-state index in [9.17, 15) is 4.39 Å². The van der Waals surface area contributed by atoms with Crippen molar-refractivity contribution in [1.29, 1.82) is 0 Å². The van der Waals surface area contributed by atoms with Crippen molar-refractivity contribution in [3.05, 3.63) is 54.0 Å². The van der Waals surface area contributed by atoms with Gasteiger partial charge in [-0.05, 0) is 61.7 Å². The summed E-state index contributed by atoms with van der Waals surface area (Å²) in [4.78, 5) is 8.22. The first-order valence-corrected chi connectivity index (χ1v) is 10.9. The lowest BCUT2D eigenvalue weighted by Gasteiger charge is -2.36. The van der Waals surface area contributed by atoms with Crippen LogP contribution in [0.3, 0.4) is 0 Å². The predicted molar refractivity (Wildman–Crippen MR) is 125 cm³/mol. The molecule has 166 valence electrons. The van der Waals surface area contributed by atoms with Crippen molar-refractivity contribution in [2.24, 2.45) is 0 Å². The summed E-state index contributed by atoms with van der Waals surface area (Å²) in [5.41, 5.74) is 3.44. The fourth-order valence-corrected chi connectivity index (χ4v) is 4.47. The zero-order valence-corrected chi connectivity index (χ0v) is 18.4. The number of aryl methyl sites for hydroxylation is 1. The summed E-state index contributed by atoms with van der Waals surface area (Å²) >= 11 is 0. The van der Waals surface area contributed by atoms with E-state index in [0.29, 0.717) is 13.2 Å². The Hall–Kier alpha value is -2.44. The van der Waals surface area contributed by atoms with Gasteiger partial charge in [-0.15, -0.1) is 12.4 Å². The maximum absolute atomic E-state index is 13.5. The number of aromatic amines is 1. The summed E-state index contributed by atoms with van der Waals surface area (Å²) in [5, 5.41) is 1.02. The molecule has 5 nitrogen and oxygen atoms in total. The van der Waals surface area contributed by atoms with Crippen LogP contribution in [0.25, 0.3) is 10.9 Å².